The van der Waals surface area contributed by atoms with E-state index in [2.05, 4.69) is 20.3 Å². The summed E-state index contributed by atoms with van der Waals surface area (Å²) in [6.07, 6.45) is 2.53. The summed E-state index contributed by atoms with van der Waals surface area (Å²) in [6.45, 7) is 3.42. The molecule has 2 aromatic heterocycles. The molecule has 7 nitrogen and oxygen atoms in total. The van der Waals surface area contributed by atoms with Gasteiger partial charge in [0.05, 0.1) is 17.9 Å². The van der Waals surface area contributed by atoms with Crippen molar-refractivity contribution in [2.45, 2.75) is 45.1 Å². The minimum atomic E-state index is -3.06. The van der Waals surface area contributed by atoms with Gasteiger partial charge in [0.15, 0.2) is 5.65 Å². The van der Waals surface area contributed by atoms with E-state index in [1.807, 2.05) is 6.92 Å². The molecule has 0 spiro atoms. The van der Waals surface area contributed by atoms with Crippen LogP contribution in [0.1, 0.15) is 43.6 Å². The smallest absolute Gasteiger partial charge is 0.272 e. The van der Waals surface area contributed by atoms with Gasteiger partial charge in [-0.2, -0.15) is 0 Å². The maximum atomic E-state index is 14.0. The molecule has 1 saturated carbocycles. The molecule has 1 saturated heterocycles. The molecule has 150 valence electrons. The minimum Gasteiger partial charge on any atom is -0.351 e. The number of carbonyl (C=O) groups is 2. The Hall–Kier alpha value is -2.58. The Morgan fingerprint density at radius 3 is 2.71 bits per heavy atom. The number of rotatable bonds is 4. The van der Waals surface area contributed by atoms with E-state index >= 15 is 0 Å². The molecule has 0 bridgehead atoms. The van der Waals surface area contributed by atoms with E-state index in [1.165, 1.54) is 6.33 Å². The molecular weight excluding hydrogens is 368 g/mol. The predicted molar refractivity (Wildman–Crippen MR) is 97.8 cm³/mol. The van der Waals surface area contributed by atoms with Crippen LogP contribution in [0.25, 0.3) is 11.2 Å². The van der Waals surface area contributed by atoms with Gasteiger partial charge in [0, 0.05) is 20.0 Å². The number of nitrogens with zero attached hydrogens (tertiary/aromatic N) is 3. The average Bonchev–Trinajstić information content (AvgIpc) is 3.18. The van der Waals surface area contributed by atoms with Gasteiger partial charge in [-0.25, -0.2) is 18.7 Å². The lowest BCUT2D eigenvalue weighted by Crippen LogP contribution is -2.58. The minimum absolute atomic E-state index is 0.0374. The topological polar surface area (TPSA) is 91.0 Å². The Kier molecular flexibility index (Phi) is 4.35. The summed E-state index contributed by atoms with van der Waals surface area (Å²) in [7, 11) is 0. The van der Waals surface area contributed by atoms with E-state index in [0.717, 1.165) is 12.4 Å². The van der Waals surface area contributed by atoms with E-state index in [-0.39, 0.29) is 42.9 Å². The predicted octanol–water partition coefficient (Wildman–Crippen LogP) is 2.36. The lowest BCUT2D eigenvalue weighted by molar-refractivity contribution is -0.175. The molecule has 0 radical (unpaired) electrons. The Bertz CT molecular complexity index is 918. The molecule has 3 heterocycles. The molecule has 2 aliphatic rings. The number of nitrogens with one attached hydrogen (secondary N) is 2. The van der Waals surface area contributed by atoms with Gasteiger partial charge in [0.2, 0.25) is 5.91 Å². The second-order valence-electron chi connectivity index (χ2n) is 8.06. The zero-order valence-electron chi connectivity index (χ0n) is 15.8. The molecule has 28 heavy (non-hydrogen) atoms. The van der Waals surface area contributed by atoms with Gasteiger partial charge >= 0.3 is 0 Å². The average molecular weight is 391 g/mol. The lowest BCUT2D eigenvalue weighted by Gasteiger charge is -2.44. The van der Waals surface area contributed by atoms with E-state index in [1.54, 1.807) is 17.0 Å². The third-order valence-corrected chi connectivity index (χ3v) is 6.20. The quantitative estimate of drug-likeness (QED) is 0.837. The normalized spacial score (nSPS) is 24.2. The van der Waals surface area contributed by atoms with Gasteiger partial charge in [-0.05, 0) is 30.9 Å². The summed E-state index contributed by atoms with van der Waals surface area (Å²) in [5, 5.41) is 2.79. The van der Waals surface area contributed by atoms with Gasteiger partial charge in [0.25, 0.3) is 11.8 Å². The van der Waals surface area contributed by atoms with Gasteiger partial charge in [-0.1, -0.05) is 13.3 Å². The van der Waals surface area contributed by atoms with Crippen molar-refractivity contribution in [3.8, 4) is 0 Å². The van der Waals surface area contributed by atoms with Crippen LogP contribution >= 0.6 is 0 Å². The first kappa shape index (κ1) is 18.8. The summed E-state index contributed by atoms with van der Waals surface area (Å²) in [5.41, 5.74) is -0.145. The molecule has 2 fully saturated rings. The van der Waals surface area contributed by atoms with Crippen LogP contribution in [0.3, 0.4) is 0 Å². The van der Waals surface area contributed by atoms with Crippen LogP contribution in [0.4, 0.5) is 8.78 Å². The lowest BCUT2D eigenvalue weighted by atomic mass is 9.64. The van der Waals surface area contributed by atoms with Crippen LogP contribution in [-0.4, -0.2) is 56.7 Å². The van der Waals surface area contributed by atoms with Crippen molar-refractivity contribution < 1.29 is 18.4 Å². The summed E-state index contributed by atoms with van der Waals surface area (Å²) >= 11 is 0. The highest BCUT2D eigenvalue weighted by molar-refractivity contribution is 5.94. The van der Waals surface area contributed by atoms with Crippen LogP contribution in [-0.2, 0) is 4.79 Å². The van der Waals surface area contributed by atoms with Gasteiger partial charge < -0.3 is 15.2 Å². The van der Waals surface area contributed by atoms with Crippen LogP contribution in [0.2, 0.25) is 0 Å². The molecule has 4 rings (SSSR count). The molecule has 0 aromatic carbocycles. The third kappa shape index (κ3) is 2.93. The summed E-state index contributed by atoms with van der Waals surface area (Å²) < 4.78 is 28.1. The number of pyridine rings is 1. The number of halogens is 2. The van der Waals surface area contributed by atoms with Crippen molar-refractivity contribution >= 4 is 23.0 Å². The maximum Gasteiger partial charge on any atom is 0.272 e. The number of hydrogen-bond acceptors (Lipinski definition) is 4. The second-order valence-corrected chi connectivity index (χ2v) is 8.06. The van der Waals surface area contributed by atoms with Gasteiger partial charge in [0.1, 0.15) is 11.1 Å². The highest BCUT2D eigenvalue weighted by atomic mass is 19.3. The van der Waals surface area contributed by atoms with E-state index < -0.39 is 17.2 Å². The number of H-pyrrole nitrogens is 1. The number of alkyl halides is 2. The number of hydrogen-bond donors (Lipinski definition) is 2. The van der Waals surface area contributed by atoms with Crippen molar-refractivity contribution in [3.63, 3.8) is 0 Å². The van der Waals surface area contributed by atoms with Gasteiger partial charge in [-0.3, -0.25) is 9.59 Å². The highest BCUT2D eigenvalue weighted by Crippen LogP contribution is 2.52. The van der Waals surface area contributed by atoms with Crippen molar-refractivity contribution in [2.75, 3.05) is 13.1 Å². The molecule has 1 aliphatic carbocycles. The molecule has 2 unspecified atom stereocenters. The first-order valence-corrected chi connectivity index (χ1v) is 9.49. The van der Waals surface area contributed by atoms with Crippen molar-refractivity contribution in [1.29, 1.82) is 0 Å². The maximum absolute atomic E-state index is 14.0. The standard InChI is InChI=1S/C19H23F2N5O2/c1-11-8-26(16(27)13-5-4-12-15(24-13)23-10-22-12)9-14(11)25-17(28)19(6-3-7-19)18(2,20)21/h4-5,10-11,14H,3,6-9H2,1-2H3,(H,25,28)(H,22,23,24). The molecule has 1 aliphatic heterocycles. The molecule has 2 amide bonds. The summed E-state index contributed by atoms with van der Waals surface area (Å²) in [4.78, 5) is 38.3. The monoisotopic (exact) mass is 391 g/mol. The molecule has 9 heteroatoms. The van der Waals surface area contributed by atoms with Crippen LogP contribution in [0.5, 0.6) is 0 Å². The first-order chi connectivity index (χ1) is 13.2. The molecular formula is C19H23F2N5O2. The fourth-order valence-corrected chi connectivity index (χ4v) is 4.13. The number of fused-ring (bicyclic) bond motifs is 1. The second kappa shape index (κ2) is 6.49. The van der Waals surface area contributed by atoms with E-state index in [9.17, 15) is 18.4 Å². The summed E-state index contributed by atoms with van der Waals surface area (Å²) in [5.74, 6) is -3.96. The third-order valence-electron chi connectivity index (χ3n) is 6.20. The number of amides is 2. The summed E-state index contributed by atoms with van der Waals surface area (Å²) in [6, 6.07) is 3.01. The zero-order valence-corrected chi connectivity index (χ0v) is 15.8. The fraction of sp³-hybridized carbons (Fsp3) is 0.579. The zero-order chi connectivity index (χ0) is 20.1. The van der Waals surface area contributed by atoms with Crippen LogP contribution in [0, 0.1) is 11.3 Å². The van der Waals surface area contributed by atoms with E-state index in [4.69, 9.17) is 0 Å². The number of aromatic nitrogens is 3. The van der Waals surface area contributed by atoms with Gasteiger partial charge in [-0.15, -0.1) is 0 Å². The molecule has 2 N–H and O–H groups in total. The Labute approximate surface area is 160 Å². The Balaban J connectivity index is 1.45. The SMILES string of the molecule is CC1CN(C(=O)c2ccc3[nH]cnc3n2)CC1NC(=O)C1(C(C)(F)F)CCC1. The van der Waals surface area contributed by atoms with Crippen molar-refractivity contribution in [3.05, 3.63) is 24.2 Å². The van der Waals surface area contributed by atoms with Crippen molar-refractivity contribution in [1.82, 2.24) is 25.2 Å². The van der Waals surface area contributed by atoms with E-state index in [0.29, 0.717) is 18.6 Å². The Morgan fingerprint density at radius 1 is 1.32 bits per heavy atom. The number of carbonyl (C=O) groups excluding carboxylic acids is 2. The number of aromatic amines is 1. The van der Waals surface area contributed by atoms with Crippen LogP contribution < -0.4 is 5.32 Å². The number of likely N-dealkylation sites (tertiary alicyclic amines) is 1. The molecule has 2 aromatic rings. The largest absolute Gasteiger partial charge is 0.351 e. The highest BCUT2D eigenvalue weighted by Gasteiger charge is 2.59. The van der Waals surface area contributed by atoms with Crippen molar-refractivity contribution in [2.24, 2.45) is 11.3 Å². The first-order valence-electron chi connectivity index (χ1n) is 9.49. The Morgan fingerprint density at radius 2 is 2.07 bits per heavy atom. The fourth-order valence-electron chi connectivity index (χ4n) is 4.13. The molecule has 2 atom stereocenters. The van der Waals surface area contributed by atoms with Crippen LogP contribution in [0.15, 0.2) is 18.5 Å². The number of imidazole rings is 1.